The van der Waals surface area contributed by atoms with Crippen LogP contribution in [0.3, 0.4) is 0 Å². The van der Waals surface area contributed by atoms with E-state index in [1.807, 2.05) is 41.3 Å². The van der Waals surface area contributed by atoms with E-state index in [1.54, 1.807) is 12.2 Å². The molecule has 0 aliphatic carbocycles. The summed E-state index contributed by atoms with van der Waals surface area (Å²) in [5.41, 5.74) is 16.1. The van der Waals surface area contributed by atoms with Crippen LogP contribution in [-0.2, 0) is 6.42 Å². The predicted molar refractivity (Wildman–Crippen MR) is 142 cm³/mol. The molecule has 1 fully saturated rings. The van der Waals surface area contributed by atoms with Gasteiger partial charge in [-0.15, -0.1) is 0 Å². The maximum Gasteiger partial charge on any atom is 0.253 e. The van der Waals surface area contributed by atoms with E-state index >= 15 is 0 Å². The van der Waals surface area contributed by atoms with Crippen LogP contribution >= 0.6 is 0 Å². The molecule has 36 heavy (non-hydrogen) atoms. The number of H-pyrrole nitrogens is 1. The van der Waals surface area contributed by atoms with E-state index in [0.29, 0.717) is 17.9 Å². The largest absolute Gasteiger partial charge is 0.493 e. The molecular formula is C27H31N7O2. The number of imidazole rings is 1. The van der Waals surface area contributed by atoms with Gasteiger partial charge in [0.2, 0.25) is 0 Å². The second kappa shape index (κ2) is 9.87. The first-order chi connectivity index (χ1) is 17.4. The summed E-state index contributed by atoms with van der Waals surface area (Å²) in [5, 5.41) is 0. The van der Waals surface area contributed by atoms with E-state index in [9.17, 15) is 4.79 Å². The van der Waals surface area contributed by atoms with Crippen molar-refractivity contribution in [3.8, 4) is 5.75 Å². The molecule has 186 valence electrons. The summed E-state index contributed by atoms with van der Waals surface area (Å²) in [5.74, 6) is 1.78. The second-order valence-electron chi connectivity index (χ2n) is 9.31. The van der Waals surface area contributed by atoms with E-state index in [1.165, 1.54) is 0 Å². The van der Waals surface area contributed by atoms with Crippen LogP contribution in [0.2, 0.25) is 0 Å². The lowest BCUT2D eigenvalue weighted by Gasteiger charge is -2.32. The Balaban J connectivity index is 1.37. The number of amides is 1. The van der Waals surface area contributed by atoms with Crippen LogP contribution in [0.5, 0.6) is 5.75 Å². The summed E-state index contributed by atoms with van der Waals surface area (Å²) in [6.07, 6.45) is 4.13. The average Bonchev–Trinajstić information content (AvgIpc) is 3.31. The Bertz CT molecular complexity index is 1360. The number of carbonyl (C=O) groups excluding carboxylic acids is 1. The molecule has 9 nitrogen and oxygen atoms in total. The number of fused-ring (bicyclic) bond motifs is 2. The minimum absolute atomic E-state index is 0.0191. The summed E-state index contributed by atoms with van der Waals surface area (Å²) < 4.78 is 6.06. The van der Waals surface area contributed by atoms with Crippen molar-refractivity contribution in [2.24, 2.45) is 16.5 Å². The second-order valence-corrected chi connectivity index (χ2v) is 9.31. The molecule has 0 bridgehead atoms. The third-order valence-electron chi connectivity index (χ3n) is 6.71. The fourth-order valence-electron chi connectivity index (χ4n) is 4.72. The van der Waals surface area contributed by atoms with Crippen molar-refractivity contribution in [2.75, 3.05) is 39.8 Å². The van der Waals surface area contributed by atoms with Crippen molar-refractivity contribution >= 4 is 28.6 Å². The first-order valence-electron chi connectivity index (χ1n) is 12.1. The molecule has 5 N–H and O–H groups in total. The van der Waals surface area contributed by atoms with Gasteiger partial charge in [0.1, 0.15) is 11.6 Å². The summed E-state index contributed by atoms with van der Waals surface area (Å²) in [6.45, 7) is 7.54. The Morgan fingerprint density at radius 3 is 2.69 bits per heavy atom. The number of guanidine groups is 1. The van der Waals surface area contributed by atoms with Crippen LogP contribution in [0.4, 0.5) is 0 Å². The molecule has 1 saturated heterocycles. The van der Waals surface area contributed by atoms with E-state index in [-0.39, 0.29) is 17.8 Å². The van der Waals surface area contributed by atoms with Crippen molar-refractivity contribution in [3.63, 3.8) is 0 Å². The molecule has 0 radical (unpaired) electrons. The molecule has 2 aliphatic rings. The lowest BCUT2D eigenvalue weighted by molar-refractivity contribution is 0.0664. The monoisotopic (exact) mass is 485 g/mol. The number of allylic oxidation sites excluding steroid dienone is 2. The third kappa shape index (κ3) is 4.83. The minimum Gasteiger partial charge on any atom is -0.493 e. The Kier molecular flexibility index (Phi) is 6.47. The molecule has 3 heterocycles. The van der Waals surface area contributed by atoms with Crippen LogP contribution in [0, 0.1) is 0 Å². The smallest absolute Gasteiger partial charge is 0.253 e. The summed E-state index contributed by atoms with van der Waals surface area (Å²) >= 11 is 0. The van der Waals surface area contributed by atoms with Crippen molar-refractivity contribution in [1.29, 1.82) is 0 Å². The Morgan fingerprint density at radius 2 is 1.94 bits per heavy atom. The zero-order chi connectivity index (χ0) is 25.2. The van der Waals surface area contributed by atoms with E-state index < -0.39 is 0 Å². The Hall–Kier alpha value is -4.11. The number of benzene rings is 2. The molecular weight excluding hydrogens is 454 g/mol. The van der Waals surface area contributed by atoms with Gasteiger partial charge in [-0.3, -0.25) is 4.79 Å². The highest BCUT2D eigenvalue weighted by Crippen LogP contribution is 2.33. The van der Waals surface area contributed by atoms with Gasteiger partial charge in [-0.05, 0) is 55.4 Å². The fourth-order valence-corrected chi connectivity index (χ4v) is 4.72. The third-order valence-corrected chi connectivity index (χ3v) is 6.71. The molecule has 1 unspecified atom stereocenters. The van der Waals surface area contributed by atoms with Crippen LogP contribution < -0.4 is 16.2 Å². The zero-order valence-electron chi connectivity index (χ0n) is 20.4. The van der Waals surface area contributed by atoms with E-state index in [0.717, 1.165) is 66.3 Å². The van der Waals surface area contributed by atoms with Gasteiger partial charge in [0, 0.05) is 37.3 Å². The van der Waals surface area contributed by atoms with Crippen LogP contribution in [0.25, 0.3) is 16.7 Å². The number of piperazine rings is 1. The van der Waals surface area contributed by atoms with Gasteiger partial charge in [0.05, 0.1) is 29.3 Å². The lowest BCUT2D eigenvalue weighted by atomic mass is 9.94. The molecule has 1 amide bonds. The molecule has 9 heteroatoms. The number of ether oxygens (including phenoxy) is 1. The summed E-state index contributed by atoms with van der Waals surface area (Å²) in [6, 6.07) is 11.6. The van der Waals surface area contributed by atoms with Crippen molar-refractivity contribution in [3.05, 3.63) is 77.6 Å². The normalized spacial score (nSPS) is 18.4. The topological polar surface area (TPSA) is 126 Å². The molecule has 0 spiro atoms. The minimum atomic E-state index is -0.0191. The highest BCUT2D eigenvalue weighted by molar-refractivity contribution is 5.94. The van der Waals surface area contributed by atoms with Crippen LogP contribution in [0.15, 0.2) is 60.1 Å². The highest BCUT2D eigenvalue weighted by Gasteiger charge is 2.27. The van der Waals surface area contributed by atoms with Gasteiger partial charge < -0.3 is 31.0 Å². The molecule has 5 rings (SSSR count). The summed E-state index contributed by atoms with van der Waals surface area (Å²) in [4.78, 5) is 29.7. The maximum absolute atomic E-state index is 13.1. The summed E-state index contributed by atoms with van der Waals surface area (Å²) in [7, 11) is 2.08. The van der Waals surface area contributed by atoms with Crippen LogP contribution in [-0.4, -0.2) is 71.5 Å². The number of aromatic nitrogens is 2. The zero-order valence-corrected chi connectivity index (χ0v) is 20.4. The lowest BCUT2D eigenvalue weighted by Crippen LogP contribution is -2.47. The molecule has 2 aromatic carbocycles. The SMILES string of the molecule is C=C/C=C(\N=C(N)N)c1ccc2[nH]c(C3COc4ccc(C(=O)N5CCN(C)CC5)cc4C3)nc2c1. The Morgan fingerprint density at radius 1 is 1.17 bits per heavy atom. The van der Waals surface area contributed by atoms with E-state index in [2.05, 4.69) is 28.5 Å². The number of aliphatic imine (C=N–C) groups is 1. The number of carbonyl (C=O) groups is 1. The molecule has 0 saturated carbocycles. The molecule has 1 aromatic heterocycles. The van der Waals surface area contributed by atoms with Crippen molar-refractivity contribution in [2.45, 2.75) is 12.3 Å². The molecule has 2 aliphatic heterocycles. The van der Waals surface area contributed by atoms with Gasteiger partial charge >= 0.3 is 0 Å². The number of likely N-dealkylation sites (N-methyl/N-ethyl adjacent to an activating group) is 1. The first-order valence-corrected chi connectivity index (χ1v) is 12.1. The van der Waals surface area contributed by atoms with Gasteiger partial charge in [-0.1, -0.05) is 18.7 Å². The van der Waals surface area contributed by atoms with Gasteiger partial charge in [-0.2, -0.15) is 0 Å². The Labute approximate surface area is 210 Å². The number of hydrogen-bond donors (Lipinski definition) is 3. The number of rotatable bonds is 5. The fraction of sp³-hybridized carbons (Fsp3) is 0.296. The average molecular weight is 486 g/mol. The van der Waals surface area contributed by atoms with Gasteiger partial charge in [-0.25, -0.2) is 9.98 Å². The van der Waals surface area contributed by atoms with Crippen LogP contribution in [0.1, 0.15) is 33.2 Å². The number of nitrogens with zero attached hydrogens (tertiary/aromatic N) is 4. The van der Waals surface area contributed by atoms with Crippen molar-refractivity contribution in [1.82, 2.24) is 19.8 Å². The predicted octanol–water partition coefficient (Wildman–Crippen LogP) is 2.47. The van der Waals surface area contributed by atoms with Gasteiger partial charge in [0.15, 0.2) is 5.96 Å². The number of nitrogens with two attached hydrogens (primary N) is 2. The molecule has 1 atom stereocenters. The first kappa shape index (κ1) is 23.6. The quantitative estimate of drug-likeness (QED) is 0.290. The number of nitrogens with one attached hydrogen (secondary N) is 1. The highest BCUT2D eigenvalue weighted by atomic mass is 16.5. The standard InChI is InChI=1S/C27H31N7O2/c1-3-4-21(32-27(28)29)17-5-7-22-23(15-17)31-25(30-22)20-14-19-13-18(6-8-24(19)36-16-20)26(35)34-11-9-33(2)10-12-34/h3-8,13,15,20H,1,9-12,14,16H2,2H3,(H,30,31)(H4,28,29,32)/b21-4-. The maximum atomic E-state index is 13.1. The van der Waals surface area contributed by atoms with Gasteiger partial charge in [0.25, 0.3) is 5.91 Å². The number of aromatic amines is 1. The van der Waals surface area contributed by atoms with E-state index in [4.69, 9.17) is 21.2 Å². The van der Waals surface area contributed by atoms with Crippen molar-refractivity contribution < 1.29 is 9.53 Å². The molecule has 3 aromatic rings. The number of hydrogen-bond acceptors (Lipinski definition) is 5.